The van der Waals surface area contributed by atoms with Crippen LogP contribution >= 0.6 is 0 Å². The quantitative estimate of drug-likeness (QED) is 0.558. The smallest absolute Gasteiger partial charge is 0.122 e. The minimum atomic E-state index is -0.887. The fraction of sp³-hybridized carbons (Fsp3) is 0.222. The van der Waals surface area contributed by atoms with Crippen LogP contribution in [0.2, 0.25) is 0 Å². The minimum absolute atomic E-state index is 0.701. The van der Waals surface area contributed by atoms with E-state index in [0.29, 0.717) is 5.56 Å². The van der Waals surface area contributed by atoms with E-state index in [1.807, 2.05) is 12.1 Å². The summed E-state index contributed by atoms with van der Waals surface area (Å²) in [6, 6.07) is 7.18. The fourth-order valence-electron chi connectivity index (χ4n) is 0.841. The van der Waals surface area contributed by atoms with Crippen molar-refractivity contribution < 1.29 is 4.39 Å². The van der Waals surface area contributed by atoms with Gasteiger partial charge < -0.3 is 0 Å². The Morgan fingerprint density at radius 2 is 2.20 bits per heavy atom. The summed E-state index contributed by atoms with van der Waals surface area (Å²) in [6.07, 6.45) is -0.887. The summed E-state index contributed by atoms with van der Waals surface area (Å²) >= 11 is 0. The summed E-state index contributed by atoms with van der Waals surface area (Å²) < 4.78 is 12.6. The van der Waals surface area contributed by atoms with E-state index in [1.165, 1.54) is 6.92 Å². The summed E-state index contributed by atoms with van der Waals surface area (Å²) in [6.45, 7) is 5.22. The van der Waals surface area contributed by atoms with Crippen molar-refractivity contribution in [2.24, 2.45) is 0 Å². The van der Waals surface area contributed by atoms with Crippen molar-refractivity contribution in [3.8, 4) is 0 Å². The van der Waals surface area contributed by atoms with Gasteiger partial charge in [0, 0.05) is 0 Å². The monoisotopic (exact) mass is 137 g/mol. The third kappa shape index (κ3) is 1.56. The zero-order valence-corrected chi connectivity index (χ0v) is 5.97. The van der Waals surface area contributed by atoms with Crippen LogP contribution in [0.4, 0.5) is 4.39 Å². The van der Waals surface area contributed by atoms with Crippen molar-refractivity contribution >= 4 is 0 Å². The van der Waals surface area contributed by atoms with Gasteiger partial charge in [-0.25, -0.2) is 4.39 Å². The average molecular weight is 137 g/mol. The molecule has 0 heterocycles. The first-order valence-electron chi connectivity index (χ1n) is 3.26. The van der Waals surface area contributed by atoms with Gasteiger partial charge in [0.15, 0.2) is 0 Å². The maximum atomic E-state index is 12.6. The predicted octanol–water partition coefficient (Wildman–Crippen LogP) is 2.90. The number of benzene rings is 1. The lowest BCUT2D eigenvalue weighted by molar-refractivity contribution is 0.374. The number of halogens is 1. The lowest BCUT2D eigenvalue weighted by atomic mass is 10.1. The summed E-state index contributed by atoms with van der Waals surface area (Å²) in [5.41, 5.74) is 1.56. The molecule has 0 saturated heterocycles. The zero-order valence-electron chi connectivity index (χ0n) is 5.97. The Bertz CT molecular complexity index is 216. The molecule has 0 amide bonds. The van der Waals surface area contributed by atoms with E-state index < -0.39 is 6.17 Å². The predicted molar refractivity (Wildman–Crippen MR) is 40.4 cm³/mol. The van der Waals surface area contributed by atoms with Gasteiger partial charge in [-0.15, -0.1) is 0 Å². The molecule has 0 aliphatic heterocycles. The molecule has 0 aromatic heterocycles. The molecule has 1 aromatic rings. The number of hydrogen-bond donors (Lipinski definition) is 0. The molecule has 1 unspecified atom stereocenters. The highest BCUT2D eigenvalue weighted by Gasteiger charge is 2.00. The van der Waals surface area contributed by atoms with Gasteiger partial charge in [0.1, 0.15) is 6.17 Å². The Hall–Kier alpha value is -0.850. The van der Waals surface area contributed by atoms with E-state index in [2.05, 4.69) is 6.92 Å². The SMILES string of the molecule is [CH2]c1cccc(C(C)F)c1. The van der Waals surface area contributed by atoms with E-state index in [0.717, 1.165) is 5.56 Å². The molecule has 1 radical (unpaired) electrons. The normalized spacial score (nSPS) is 13.1. The summed E-state index contributed by atoms with van der Waals surface area (Å²) in [7, 11) is 0. The Labute approximate surface area is 60.7 Å². The van der Waals surface area contributed by atoms with E-state index in [-0.39, 0.29) is 0 Å². The molecule has 1 rings (SSSR count). The summed E-state index contributed by atoms with van der Waals surface area (Å²) in [4.78, 5) is 0. The van der Waals surface area contributed by atoms with Crippen molar-refractivity contribution in [2.45, 2.75) is 13.1 Å². The van der Waals surface area contributed by atoms with Crippen molar-refractivity contribution in [3.63, 3.8) is 0 Å². The lowest BCUT2D eigenvalue weighted by Crippen LogP contribution is -1.84. The molecule has 0 N–H and O–H groups in total. The zero-order chi connectivity index (χ0) is 7.56. The van der Waals surface area contributed by atoms with Crippen LogP contribution in [0.5, 0.6) is 0 Å². The number of rotatable bonds is 1. The Morgan fingerprint density at radius 3 is 2.60 bits per heavy atom. The van der Waals surface area contributed by atoms with Crippen LogP contribution in [0.25, 0.3) is 0 Å². The Morgan fingerprint density at radius 1 is 1.50 bits per heavy atom. The van der Waals surface area contributed by atoms with E-state index in [4.69, 9.17) is 0 Å². The van der Waals surface area contributed by atoms with Gasteiger partial charge in [-0.1, -0.05) is 24.3 Å². The first kappa shape index (κ1) is 7.26. The highest BCUT2D eigenvalue weighted by molar-refractivity contribution is 5.26. The molecule has 0 nitrogen and oxygen atoms in total. The second-order valence-electron chi connectivity index (χ2n) is 2.36. The van der Waals surface area contributed by atoms with Crippen LogP contribution in [-0.4, -0.2) is 0 Å². The number of hydrogen-bond acceptors (Lipinski definition) is 0. The van der Waals surface area contributed by atoms with Crippen molar-refractivity contribution in [1.29, 1.82) is 0 Å². The van der Waals surface area contributed by atoms with Crippen LogP contribution < -0.4 is 0 Å². The third-order valence-corrected chi connectivity index (χ3v) is 1.41. The molecular formula is C9H10F. The standard InChI is InChI=1S/C9H10F/c1-7-4-3-5-9(6-7)8(2)10/h3-6,8H,1H2,2H3. The Balaban J connectivity index is 2.96. The molecule has 0 saturated carbocycles. The molecule has 10 heavy (non-hydrogen) atoms. The van der Waals surface area contributed by atoms with Crippen molar-refractivity contribution in [3.05, 3.63) is 42.3 Å². The molecule has 1 aromatic carbocycles. The molecule has 0 aliphatic carbocycles. The van der Waals surface area contributed by atoms with Gasteiger partial charge >= 0.3 is 0 Å². The number of alkyl halides is 1. The molecule has 0 spiro atoms. The van der Waals surface area contributed by atoms with Crippen LogP contribution in [0, 0.1) is 6.92 Å². The Kier molecular flexibility index (Phi) is 2.05. The van der Waals surface area contributed by atoms with Crippen molar-refractivity contribution in [1.82, 2.24) is 0 Å². The average Bonchev–Trinajstić information content (AvgIpc) is 1.88. The van der Waals surface area contributed by atoms with Gasteiger partial charge in [0.05, 0.1) is 0 Å². The van der Waals surface area contributed by atoms with E-state index in [9.17, 15) is 4.39 Å². The largest absolute Gasteiger partial charge is 0.243 e. The van der Waals surface area contributed by atoms with Gasteiger partial charge in [-0.2, -0.15) is 0 Å². The summed E-state index contributed by atoms with van der Waals surface area (Å²) in [5.74, 6) is 0. The topological polar surface area (TPSA) is 0 Å². The van der Waals surface area contributed by atoms with Crippen LogP contribution in [-0.2, 0) is 0 Å². The fourth-order valence-corrected chi connectivity index (χ4v) is 0.841. The van der Waals surface area contributed by atoms with Crippen LogP contribution in [0.15, 0.2) is 24.3 Å². The molecule has 0 bridgehead atoms. The molecule has 1 heteroatoms. The highest BCUT2D eigenvalue weighted by atomic mass is 19.1. The second kappa shape index (κ2) is 2.82. The molecule has 1 atom stereocenters. The third-order valence-electron chi connectivity index (χ3n) is 1.41. The van der Waals surface area contributed by atoms with E-state index >= 15 is 0 Å². The highest BCUT2D eigenvalue weighted by Crippen LogP contribution is 2.16. The summed E-state index contributed by atoms with van der Waals surface area (Å²) in [5, 5.41) is 0. The van der Waals surface area contributed by atoms with Gasteiger partial charge in [-0.3, -0.25) is 0 Å². The second-order valence-corrected chi connectivity index (χ2v) is 2.36. The molecule has 0 aliphatic rings. The van der Waals surface area contributed by atoms with Crippen molar-refractivity contribution in [2.75, 3.05) is 0 Å². The first-order valence-corrected chi connectivity index (χ1v) is 3.26. The molecule has 53 valence electrons. The minimum Gasteiger partial charge on any atom is -0.243 e. The molecule has 0 fully saturated rings. The van der Waals surface area contributed by atoms with Gasteiger partial charge in [-0.05, 0) is 25.0 Å². The van der Waals surface area contributed by atoms with Gasteiger partial charge in [0.25, 0.3) is 0 Å². The molecular weight excluding hydrogens is 127 g/mol. The first-order chi connectivity index (χ1) is 4.70. The van der Waals surface area contributed by atoms with Crippen LogP contribution in [0.1, 0.15) is 24.2 Å². The van der Waals surface area contributed by atoms with Gasteiger partial charge in [0.2, 0.25) is 0 Å². The maximum Gasteiger partial charge on any atom is 0.122 e. The maximum absolute atomic E-state index is 12.6. The lowest BCUT2D eigenvalue weighted by Gasteiger charge is -2.01. The van der Waals surface area contributed by atoms with E-state index in [1.54, 1.807) is 12.1 Å². The van der Waals surface area contributed by atoms with Crippen LogP contribution in [0.3, 0.4) is 0 Å².